The molecule has 0 aliphatic carbocycles. The number of aromatic nitrogens is 4. The van der Waals surface area contributed by atoms with E-state index in [-0.39, 0.29) is 16.9 Å². The number of H-pyrrole nitrogens is 1. The molecule has 2 aromatic heterocycles. The summed E-state index contributed by atoms with van der Waals surface area (Å²) in [5.74, 6) is 0.722. The number of aromatic amines is 1. The molecular formula is C21H21N7O2S. The van der Waals surface area contributed by atoms with Crippen LogP contribution in [0.1, 0.15) is 12.0 Å². The molecule has 4 aromatic rings. The zero-order valence-electron chi connectivity index (χ0n) is 16.6. The molecule has 158 valence electrons. The Hall–Kier alpha value is -3.66. The molecule has 2 aromatic carbocycles. The van der Waals surface area contributed by atoms with Gasteiger partial charge in [0, 0.05) is 12.6 Å². The van der Waals surface area contributed by atoms with Crippen LogP contribution in [-0.2, 0) is 16.4 Å². The minimum atomic E-state index is -3.68. The molecule has 0 saturated carbocycles. The summed E-state index contributed by atoms with van der Waals surface area (Å²) in [4.78, 5) is 8.75. The summed E-state index contributed by atoms with van der Waals surface area (Å²) in [5.41, 5.74) is 8.04. The lowest BCUT2D eigenvalue weighted by Gasteiger charge is -2.24. The molecule has 31 heavy (non-hydrogen) atoms. The molecule has 1 aliphatic rings. The second-order valence-corrected chi connectivity index (χ2v) is 9.28. The number of anilines is 3. The smallest absolute Gasteiger partial charge is 0.264 e. The molecule has 4 N–H and O–H groups in total. The summed E-state index contributed by atoms with van der Waals surface area (Å²) in [6.07, 6.45) is 2.87. The van der Waals surface area contributed by atoms with Gasteiger partial charge in [-0.25, -0.2) is 8.42 Å². The molecule has 0 saturated heterocycles. The molecule has 9 nitrogen and oxygen atoms in total. The molecule has 3 heterocycles. The summed E-state index contributed by atoms with van der Waals surface area (Å²) in [6.45, 7) is 0.334. The van der Waals surface area contributed by atoms with Gasteiger partial charge in [0.15, 0.2) is 5.65 Å². The van der Waals surface area contributed by atoms with Crippen LogP contribution in [0.15, 0.2) is 65.7 Å². The molecule has 0 spiro atoms. The number of benzene rings is 2. The highest BCUT2D eigenvalue weighted by molar-refractivity contribution is 7.92. The maximum absolute atomic E-state index is 13.4. The Morgan fingerprint density at radius 3 is 2.68 bits per heavy atom. The van der Waals surface area contributed by atoms with Crippen molar-refractivity contribution in [3.63, 3.8) is 0 Å². The first-order valence-corrected chi connectivity index (χ1v) is 11.4. The van der Waals surface area contributed by atoms with Gasteiger partial charge in [0.2, 0.25) is 5.95 Å². The van der Waals surface area contributed by atoms with Gasteiger partial charge in [-0.2, -0.15) is 15.1 Å². The molecule has 5 rings (SSSR count). The Morgan fingerprint density at radius 1 is 1.06 bits per heavy atom. The minimum Gasteiger partial charge on any atom is -0.368 e. The predicted molar refractivity (Wildman–Crippen MR) is 119 cm³/mol. The number of rotatable bonds is 4. The molecule has 1 aliphatic heterocycles. The van der Waals surface area contributed by atoms with E-state index < -0.39 is 10.0 Å². The van der Waals surface area contributed by atoms with Crippen molar-refractivity contribution < 1.29 is 8.42 Å². The van der Waals surface area contributed by atoms with Crippen LogP contribution in [0.4, 0.5) is 17.5 Å². The van der Waals surface area contributed by atoms with E-state index in [1.165, 1.54) is 4.31 Å². The van der Waals surface area contributed by atoms with Gasteiger partial charge in [-0.15, -0.1) is 0 Å². The largest absolute Gasteiger partial charge is 0.368 e. The predicted octanol–water partition coefficient (Wildman–Crippen LogP) is 2.56. The first-order valence-electron chi connectivity index (χ1n) is 9.91. The van der Waals surface area contributed by atoms with Crippen molar-refractivity contribution in [2.24, 2.45) is 0 Å². The average molecular weight is 436 g/mol. The zero-order chi connectivity index (χ0) is 21.4. The van der Waals surface area contributed by atoms with Crippen LogP contribution in [0.5, 0.6) is 0 Å². The average Bonchev–Trinajstić information content (AvgIpc) is 3.15. The van der Waals surface area contributed by atoms with Crippen LogP contribution >= 0.6 is 0 Å². The van der Waals surface area contributed by atoms with Gasteiger partial charge in [0.1, 0.15) is 5.82 Å². The van der Waals surface area contributed by atoms with Gasteiger partial charge in [-0.1, -0.05) is 36.4 Å². The third kappa shape index (κ3) is 3.55. The summed E-state index contributed by atoms with van der Waals surface area (Å²) in [7, 11) is -3.68. The number of nitrogens with one attached hydrogen (secondary N) is 2. The number of para-hydroxylation sites is 1. The van der Waals surface area contributed by atoms with Gasteiger partial charge in [-0.3, -0.25) is 9.40 Å². The van der Waals surface area contributed by atoms with Crippen LogP contribution in [0.2, 0.25) is 0 Å². The van der Waals surface area contributed by atoms with E-state index in [0.717, 1.165) is 10.9 Å². The maximum Gasteiger partial charge on any atom is 0.264 e. The van der Waals surface area contributed by atoms with E-state index in [9.17, 15) is 8.42 Å². The van der Waals surface area contributed by atoms with E-state index in [1.54, 1.807) is 36.5 Å². The maximum atomic E-state index is 13.4. The van der Waals surface area contributed by atoms with Gasteiger partial charge in [0.05, 0.1) is 22.2 Å². The van der Waals surface area contributed by atoms with E-state index in [2.05, 4.69) is 25.5 Å². The van der Waals surface area contributed by atoms with Gasteiger partial charge >= 0.3 is 0 Å². The van der Waals surface area contributed by atoms with Crippen LogP contribution in [0.25, 0.3) is 11.0 Å². The summed E-state index contributed by atoms with van der Waals surface area (Å²) in [6, 6.07) is 16.1. The fraction of sp³-hybridized carbons (Fsp3) is 0.190. The highest BCUT2D eigenvalue weighted by Crippen LogP contribution is 2.32. The third-order valence-corrected chi connectivity index (χ3v) is 7.23. The lowest BCUT2D eigenvalue weighted by atomic mass is 10.0. The lowest BCUT2D eigenvalue weighted by molar-refractivity contribution is 0.587. The molecule has 1 atom stereocenters. The molecular weight excluding hydrogens is 414 g/mol. The van der Waals surface area contributed by atoms with Crippen LogP contribution in [0.3, 0.4) is 0 Å². The number of hydrogen-bond acceptors (Lipinski definition) is 7. The van der Waals surface area contributed by atoms with Crippen molar-refractivity contribution >= 4 is 38.5 Å². The molecule has 0 bridgehead atoms. The number of hydrogen-bond donors (Lipinski definition) is 3. The van der Waals surface area contributed by atoms with Gasteiger partial charge in [0.25, 0.3) is 10.0 Å². The number of nitrogen functional groups attached to an aromatic ring is 1. The molecule has 0 amide bonds. The van der Waals surface area contributed by atoms with Crippen molar-refractivity contribution in [3.05, 3.63) is 66.4 Å². The SMILES string of the molecule is Nc1nc(NC2CCN(S(=O)(=O)c3ccccc3)c3ccccc3C2)c2cn[nH]c2n1. The lowest BCUT2D eigenvalue weighted by Crippen LogP contribution is -2.33. The number of sulfonamides is 1. The fourth-order valence-electron chi connectivity index (χ4n) is 3.94. The van der Waals surface area contributed by atoms with E-state index >= 15 is 0 Å². The Balaban J connectivity index is 1.50. The van der Waals surface area contributed by atoms with Crippen molar-refractivity contribution in [1.29, 1.82) is 0 Å². The van der Waals surface area contributed by atoms with Gasteiger partial charge < -0.3 is 11.1 Å². The Bertz CT molecular complexity index is 1340. The highest BCUT2D eigenvalue weighted by atomic mass is 32.2. The molecule has 0 fully saturated rings. The number of fused-ring (bicyclic) bond motifs is 2. The zero-order valence-corrected chi connectivity index (χ0v) is 17.4. The van der Waals surface area contributed by atoms with Gasteiger partial charge in [-0.05, 0) is 36.6 Å². The molecule has 0 radical (unpaired) electrons. The Morgan fingerprint density at radius 2 is 1.84 bits per heavy atom. The monoisotopic (exact) mass is 435 g/mol. The van der Waals surface area contributed by atoms with E-state index in [0.29, 0.717) is 36.5 Å². The Kier molecular flexibility index (Phi) is 4.70. The summed E-state index contributed by atoms with van der Waals surface area (Å²) < 4.78 is 28.3. The van der Waals surface area contributed by atoms with Crippen LogP contribution < -0.4 is 15.4 Å². The quantitative estimate of drug-likeness (QED) is 0.449. The Labute approximate surface area is 179 Å². The minimum absolute atomic E-state index is 0.0514. The number of nitrogens with zero attached hydrogens (tertiary/aromatic N) is 4. The molecule has 1 unspecified atom stereocenters. The third-order valence-electron chi connectivity index (χ3n) is 5.41. The molecule has 10 heteroatoms. The van der Waals surface area contributed by atoms with E-state index in [4.69, 9.17) is 5.73 Å². The first-order chi connectivity index (χ1) is 15.0. The van der Waals surface area contributed by atoms with Crippen molar-refractivity contribution in [1.82, 2.24) is 20.2 Å². The standard InChI is InChI=1S/C21H21N7O2S/c22-21-25-19(17-13-23-27-20(17)26-21)24-15-10-11-28(18-9-5-4-6-14(18)12-15)31(29,30)16-7-2-1-3-8-16/h1-9,13,15H,10-12H2,(H4,22,23,24,25,26,27). The number of nitrogens with two attached hydrogens (primary N) is 1. The van der Waals surface area contributed by atoms with Crippen molar-refractivity contribution in [2.45, 2.75) is 23.8 Å². The van der Waals surface area contributed by atoms with Crippen molar-refractivity contribution in [2.75, 3.05) is 21.9 Å². The first kappa shape index (κ1) is 19.3. The second kappa shape index (κ2) is 7.55. The van der Waals surface area contributed by atoms with Crippen LogP contribution in [-0.4, -0.2) is 41.2 Å². The highest BCUT2D eigenvalue weighted by Gasteiger charge is 2.30. The second-order valence-electron chi connectivity index (χ2n) is 7.42. The summed E-state index contributed by atoms with van der Waals surface area (Å²) in [5, 5.41) is 11.0. The normalized spacial score (nSPS) is 16.6. The topological polar surface area (TPSA) is 130 Å². The van der Waals surface area contributed by atoms with Crippen molar-refractivity contribution in [3.8, 4) is 0 Å². The summed E-state index contributed by atoms with van der Waals surface area (Å²) >= 11 is 0. The van der Waals surface area contributed by atoms with E-state index in [1.807, 2.05) is 24.3 Å². The fourth-order valence-corrected chi connectivity index (χ4v) is 5.47. The van der Waals surface area contributed by atoms with Crippen LogP contribution in [0, 0.1) is 0 Å².